The fraction of sp³-hybridized carbons (Fsp3) is 0.556. The van der Waals surface area contributed by atoms with Crippen LogP contribution in [-0.4, -0.2) is 42.0 Å². The van der Waals surface area contributed by atoms with Crippen LogP contribution in [0.1, 0.15) is 37.0 Å². The molecule has 1 amide bonds. The molecule has 2 N–H and O–H groups in total. The topological polar surface area (TPSA) is 75.6 Å². The van der Waals surface area contributed by atoms with Crippen molar-refractivity contribution in [3.8, 4) is 0 Å². The highest BCUT2D eigenvalue weighted by molar-refractivity contribution is 7.99. The Morgan fingerprint density at radius 2 is 1.88 bits per heavy atom. The summed E-state index contributed by atoms with van der Waals surface area (Å²) in [5.74, 6) is -1.59. The fourth-order valence-electron chi connectivity index (χ4n) is 2.84. The third kappa shape index (κ3) is 5.53. The molecular weight excluding hydrogens is 326 g/mol. The van der Waals surface area contributed by atoms with Gasteiger partial charge in [-0.1, -0.05) is 13.8 Å². The summed E-state index contributed by atoms with van der Waals surface area (Å²) in [5.41, 5.74) is 0.555. The van der Waals surface area contributed by atoms with E-state index >= 15 is 0 Å². The van der Waals surface area contributed by atoms with Crippen LogP contribution in [0.25, 0.3) is 0 Å². The quantitative estimate of drug-likeness (QED) is 0.739. The first kappa shape index (κ1) is 18.8. The van der Waals surface area contributed by atoms with Crippen molar-refractivity contribution in [3.63, 3.8) is 0 Å². The average Bonchev–Trinajstić information content (AvgIpc) is 2.55. The Labute approximate surface area is 147 Å². The smallest absolute Gasteiger partial charge is 0.308 e. The monoisotopic (exact) mass is 351 g/mol. The second-order valence-corrected chi connectivity index (χ2v) is 7.95. The number of benzene rings is 1. The van der Waals surface area contributed by atoms with Crippen molar-refractivity contribution in [2.75, 3.05) is 19.8 Å². The normalized spacial score (nSPS) is 16.8. The summed E-state index contributed by atoms with van der Waals surface area (Å²) in [7, 11) is 0. The van der Waals surface area contributed by atoms with Gasteiger partial charge < -0.3 is 15.2 Å². The van der Waals surface area contributed by atoms with Crippen LogP contribution >= 0.6 is 11.8 Å². The van der Waals surface area contributed by atoms with E-state index in [9.17, 15) is 14.7 Å². The number of carboxylic acids is 1. The maximum Gasteiger partial charge on any atom is 0.308 e. The molecule has 1 unspecified atom stereocenters. The third-order valence-electron chi connectivity index (χ3n) is 4.12. The first-order chi connectivity index (χ1) is 11.5. The lowest BCUT2D eigenvalue weighted by atomic mass is 9.86. The Kier molecular flexibility index (Phi) is 7.12. The highest BCUT2D eigenvalue weighted by Crippen LogP contribution is 2.24. The van der Waals surface area contributed by atoms with Gasteiger partial charge in [0.1, 0.15) is 0 Å². The van der Waals surface area contributed by atoms with Crippen LogP contribution in [0, 0.1) is 11.8 Å². The number of carboxylic acid groups (broad SMARTS) is 1. The molecule has 5 nitrogen and oxygen atoms in total. The Balaban J connectivity index is 1.91. The lowest BCUT2D eigenvalue weighted by Gasteiger charge is -2.27. The van der Waals surface area contributed by atoms with Gasteiger partial charge in [-0.25, -0.2) is 0 Å². The lowest BCUT2D eigenvalue weighted by molar-refractivity contribution is -0.144. The van der Waals surface area contributed by atoms with Crippen LogP contribution in [0.15, 0.2) is 29.2 Å². The molecule has 0 bridgehead atoms. The Morgan fingerprint density at radius 3 is 2.42 bits per heavy atom. The average molecular weight is 351 g/mol. The van der Waals surface area contributed by atoms with E-state index in [1.807, 2.05) is 12.1 Å². The number of hydrogen-bond acceptors (Lipinski definition) is 4. The summed E-state index contributed by atoms with van der Waals surface area (Å²) in [6, 6.07) is 7.41. The highest BCUT2D eigenvalue weighted by atomic mass is 32.2. The van der Waals surface area contributed by atoms with Crippen molar-refractivity contribution in [3.05, 3.63) is 29.8 Å². The molecule has 0 saturated carbocycles. The molecule has 1 saturated heterocycles. The Hall–Kier alpha value is -1.53. The third-order valence-corrected chi connectivity index (χ3v) is 5.14. The number of carbonyl (C=O) groups is 2. The van der Waals surface area contributed by atoms with E-state index in [0.717, 1.165) is 17.7 Å². The number of aliphatic carboxylic acids is 1. The maximum atomic E-state index is 12.3. The van der Waals surface area contributed by atoms with E-state index in [2.05, 4.69) is 19.2 Å². The molecule has 132 valence electrons. The van der Waals surface area contributed by atoms with Crippen LogP contribution in [0.3, 0.4) is 0 Å². The van der Waals surface area contributed by atoms with Crippen LogP contribution in [-0.2, 0) is 9.53 Å². The first-order valence-corrected chi connectivity index (χ1v) is 9.21. The van der Waals surface area contributed by atoms with Crippen molar-refractivity contribution < 1.29 is 19.4 Å². The van der Waals surface area contributed by atoms with E-state index < -0.39 is 11.9 Å². The molecule has 6 heteroatoms. The molecule has 1 heterocycles. The molecule has 0 spiro atoms. The van der Waals surface area contributed by atoms with Crippen LogP contribution in [0.2, 0.25) is 0 Å². The minimum Gasteiger partial charge on any atom is -0.481 e. The van der Waals surface area contributed by atoms with Gasteiger partial charge in [-0.15, -0.1) is 11.8 Å². The van der Waals surface area contributed by atoms with Gasteiger partial charge in [-0.3, -0.25) is 9.59 Å². The van der Waals surface area contributed by atoms with Crippen LogP contribution in [0.4, 0.5) is 0 Å². The molecule has 0 radical (unpaired) electrons. The maximum absolute atomic E-state index is 12.3. The molecule has 0 aromatic heterocycles. The zero-order chi connectivity index (χ0) is 17.5. The van der Waals surface area contributed by atoms with E-state index in [4.69, 9.17) is 4.74 Å². The minimum absolute atomic E-state index is 0.0568. The standard InChI is InChI=1S/C18H25NO4S/c1-12(2)24-15-5-3-14(4-6-15)17(20)19-11-16(18(21)22)13-7-9-23-10-8-13/h3-6,12-13,16H,7-11H2,1-2H3,(H,19,20)(H,21,22). The molecular formula is C18H25NO4S. The Bertz CT molecular complexity index is 553. The molecule has 1 aliphatic rings. The number of rotatable bonds is 7. The van der Waals surface area contributed by atoms with Gasteiger partial charge in [0.05, 0.1) is 5.92 Å². The first-order valence-electron chi connectivity index (χ1n) is 8.33. The molecule has 24 heavy (non-hydrogen) atoms. The lowest BCUT2D eigenvalue weighted by Crippen LogP contribution is -2.38. The summed E-state index contributed by atoms with van der Waals surface area (Å²) >= 11 is 1.74. The number of ether oxygens (including phenoxy) is 1. The van der Waals surface area contributed by atoms with Gasteiger partial charge >= 0.3 is 5.97 Å². The van der Waals surface area contributed by atoms with Gasteiger partial charge in [-0.05, 0) is 43.0 Å². The largest absolute Gasteiger partial charge is 0.481 e. The fourth-order valence-corrected chi connectivity index (χ4v) is 3.67. The predicted octanol–water partition coefficient (Wildman–Crippen LogP) is 3.04. The SMILES string of the molecule is CC(C)Sc1ccc(C(=O)NCC(C(=O)O)C2CCOCC2)cc1. The molecule has 2 rings (SSSR count). The van der Waals surface area contributed by atoms with Crippen molar-refractivity contribution in [2.24, 2.45) is 11.8 Å². The second kappa shape index (κ2) is 9.08. The van der Waals surface area contributed by atoms with E-state index in [1.165, 1.54) is 0 Å². The van der Waals surface area contributed by atoms with Crippen LogP contribution in [0.5, 0.6) is 0 Å². The van der Waals surface area contributed by atoms with Gasteiger partial charge in [0.2, 0.25) is 0 Å². The summed E-state index contributed by atoms with van der Waals surface area (Å²) in [6.45, 7) is 5.58. The molecule has 1 aromatic carbocycles. The number of thioether (sulfide) groups is 1. The number of nitrogens with one attached hydrogen (secondary N) is 1. The molecule has 1 atom stereocenters. The van der Waals surface area contributed by atoms with Gasteiger partial charge in [0, 0.05) is 35.5 Å². The summed E-state index contributed by atoms with van der Waals surface area (Å²) in [4.78, 5) is 24.9. The predicted molar refractivity (Wildman–Crippen MR) is 94.4 cm³/mol. The molecule has 0 aliphatic carbocycles. The zero-order valence-corrected chi connectivity index (χ0v) is 15.0. The summed E-state index contributed by atoms with van der Waals surface area (Å²) in [5, 5.41) is 12.7. The van der Waals surface area contributed by atoms with Crippen molar-refractivity contribution in [2.45, 2.75) is 36.8 Å². The number of hydrogen-bond donors (Lipinski definition) is 2. The van der Waals surface area contributed by atoms with Gasteiger partial charge in [0.15, 0.2) is 0 Å². The number of carbonyl (C=O) groups excluding carboxylic acids is 1. The van der Waals surface area contributed by atoms with E-state index in [1.54, 1.807) is 23.9 Å². The van der Waals surface area contributed by atoms with E-state index in [-0.39, 0.29) is 18.4 Å². The highest BCUT2D eigenvalue weighted by Gasteiger charge is 2.30. The molecule has 1 aromatic rings. The molecule has 1 fully saturated rings. The van der Waals surface area contributed by atoms with Crippen molar-refractivity contribution in [1.82, 2.24) is 5.32 Å². The number of amides is 1. The summed E-state index contributed by atoms with van der Waals surface area (Å²) in [6.07, 6.45) is 1.46. The summed E-state index contributed by atoms with van der Waals surface area (Å²) < 4.78 is 5.28. The van der Waals surface area contributed by atoms with E-state index in [0.29, 0.717) is 24.0 Å². The van der Waals surface area contributed by atoms with Crippen molar-refractivity contribution in [1.29, 1.82) is 0 Å². The zero-order valence-electron chi connectivity index (χ0n) is 14.2. The molecule has 1 aliphatic heterocycles. The Morgan fingerprint density at radius 1 is 1.25 bits per heavy atom. The van der Waals surface area contributed by atoms with Crippen LogP contribution < -0.4 is 5.32 Å². The van der Waals surface area contributed by atoms with Crippen molar-refractivity contribution >= 4 is 23.6 Å². The minimum atomic E-state index is -0.856. The van der Waals surface area contributed by atoms with Gasteiger partial charge in [-0.2, -0.15) is 0 Å². The van der Waals surface area contributed by atoms with Gasteiger partial charge in [0.25, 0.3) is 5.91 Å². The second-order valence-electron chi connectivity index (χ2n) is 6.30.